The number of ether oxygens (including phenoxy) is 1. The minimum atomic E-state index is -0.0521. The minimum Gasteiger partial charge on any atom is -0.461 e. The molecule has 0 aliphatic rings. The van der Waals surface area contributed by atoms with Crippen molar-refractivity contribution >= 4 is 5.97 Å². The summed E-state index contributed by atoms with van der Waals surface area (Å²) in [5.74, 6) is -0.0521. The zero-order chi connectivity index (χ0) is 14.2. The lowest BCUT2D eigenvalue weighted by molar-refractivity contribution is -0.142. The first-order valence-corrected chi connectivity index (χ1v) is 8.11. The molecule has 0 radical (unpaired) electrons. The Hall–Kier alpha value is -0.790. The van der Waals surface area contributed by atoms with Gasteiger partial charge in [-0.1, -0.05) is 77.4 Å². The van der Waals surface area contributed by atoms with Crippen LogP contribution >= 0.6 is 0 Å². The largest absolute Gasteiger partial charge is 0.461 e. The van der Waals surface area contributed by atoms with E-state index in [1.807, 2.05) is 12.2 Å². The van der Waals surface area contributed by atoms with Crippen molar-refractivity contribution in [1.29, 1.82) is 0 Å². The Bertz CT molecular complexity index is 221. The SMILES string of the molecule is CC/C=C/COC(=O)CCCCCCCCCCC. The summed E-state index contributed by atoms with van der Waals surface area (Å²) in [7, 11) is 0. The van der Waals surface area contributed by atoms with E-state index in [1.54, 1.807) is 0 Å². The van der Waals surface area contributed by atoms with E-state index in [2.05, 4.69) is 13.8 Å². The van der Waals surface area contributed by atoms with Crippen LogP contribution in [0.2, 0.25) is 0 Å². The molecule has 0 N–H and O–H groups in total. The lowest BCUT2D eigenvalue weighted by Gasteiger charge is -2.03. The van der Waals surface area contributed by atoms with E-state index < -0.39 is 0 Å². The lowest BCUT2D eigenvalue weighted by atomic mass is 10.1. The van der Waals surface area contributed by atoms with Crippen LogP contribution in [0.5, 0.6) is 0 Å². The molecule has 2 heteroatoms. The first-order valence-electron chi connectivity index (χ1n) is 8.11. The lowest BCUT2D eigenvalue weighted by Crippen LogP contribution is -2.03. The molecule has 0 unspecified atom stereocenters. The molecular formula is C17H32O2. The number of hydrogen-bond acceptors (Lipinski definition) is 2. The molecule has 2 nitrogen and oxygen atoms in total. The van der Waals surface area contributed by atoms with Gasteiger partial charge in [-0.15, -0.1) is 0 Å². The molecule has 19 heavy (non-hydrogen) atoms. The molecule has 0 aromatic rings. The highest BCUT2D eigenvalue weighted by Gasteiger charge is 2.00. The van der Waals surface area contributed by atoms with Crippen molar-refractivity contribution in [3.8, 4) is 0 Å². The van der Waals surface area contributed by atoms with Gasteiger partial charge in [0.05, 0.1) is 0 Å². The van der Waals surface area contributed by atoms with E-state index in [4.69, 9.17) is 4.74 Å². The fourth-order valence-corrected chi connectivity index (χ4v) is 2.03. The highest BCUT2D eigenvalue weighted by Crippen LogP contribution is 2.10. The predicted molar refractivity (Wildman–Crippen MR) is 82.2 cm³/mol. The third-order valence-electron chi connectivity index (χ3n) is 3.23. The Labute approximate surface area is 119 Å². The van der Waals surface area contributed by atoms with Gasteiger partial charge in [-0.3, -0.25) is 4.79 Å². The maximum atomic E-state index is 11.4. The second-order valence-electron chi connectivity index (χ2n) is 5.14. The number of allylic oxidation sites excluding steroid dienone is 1. The number of carbonyl (C=O) groups is 1. The van der Waals surface area contributed by atoms with Gasteiger partial charge in [-0.2, -0.15) is 0 Å². The van der Waals surface area contributed by atoms with Gasteiger partial charge >= 0.3 is 5.97 Å². The van der Waals surface area contributed by atoms with Gasteiger partial charge < -0.3 is 4.74 Å². The summed E-state index contributed by atoms with van der Waals surface area (Å²) in [4.78, 5) is 11.4. The van der Waals surface area contributed by atoms with E-state index in [9.17, 15) is 4.79 Å². The monoisotopic (exact) mass is 268 g/mol. The second kappa shape index (κ2) is 15.3. The summed E-state index contributed by atoms with van der Waals surface area (Å²) in [5, 5.41) is 0. The zero-order valence-electron chi connectivity index (χ0n) is 13.0. The number of esters is 1. The van der Waals surface area contributed by atoms with Crippen molar-refractivity contribution in [2.75, 3.05) is 6.61 Å². The first kappa shape index (κ1) is 18.2. The van der Waals surface area contributed by atoms with Gasteiger partial charge in [0, 0.05) is 6.42 Å². The highest BCUT2D eigenvalue weighted by atomic mass is 16.5. The number of hydrogen-bond donors (Lipinski definition) is 0. The average Bonchev–Trinajstić information content (AvgIpc) is 2.42. The summed E-state index contributed by atoms with van der Waals surface area (Å²) < 4.78 is 5.09. The highest BCUT2D eigenvalue weighted by molar-refractivity contribution is 5.69. The molecule has 0 saturated carbocycles. The molecule has 0 bridgehead atoms. The first-order chi connectivity index (χ1) is 9.31. The Morgan fingerprint density at radius 3 is 2.00 bits per heavy atom. The predicted octanol–water partition coefficient (Wildman–Crippen LogP) is 5.42. The van der Waals surface area contributed by atoms with Crippen LogP contribution in [-0.4, -0.2) is 12.6 Å². The van der Waals surface area contributed by atoms with Crippen molar-refractivity contribution < 1.29 is 9.53 Å². The zero-order valence-corrected chi connectivity index (χ0v) is 13.0. The van der Waals surface area contributed by atoms with Gasteiger partial charge in [0.15, 0.2) is 0 Å². The van der Waals surface area contributed by atoms with Crippen LogP contribution in [0.25, 0.3) is 0 Å². The van der Waals surface area contributed by atoms with Gasteiger partial charge in [-0.25, -0.2) is 0 Å². The normalized spacial score (nSPS) is 11.1. The van der Waals surface area contributed by atoms with Gasteiger partial charge in [0.2, 0.25) is 0 Å². The molecule has 0 rings (SSSR count). The van der Waals surface area contributed by atoms with Crippen LogP contribution in [0.4, 0.5) is 0 Å². The van der Waals surface area contributed by atoms with E-state index in [0.717, 1.165) is 19.3 Å². The molecular weight excluding hydrogens is 236 g/mol. The minimum absolute atomic E-state index is 0.0521. The van der Waals surface area contributed by atoms with Crippen LogP contribution in [0.15, 0.2) is 12.2 Å². The standard InChI is InChI=1S/C17H32O2/c1-3-5-7-8-9-10-11-12-13-15-17(18)19-16-14-6-4-2/h6,14H,3-5,7-13,15-16H2,1-2H3/b14-6+. The molecule has 0 aliphatic carbocycles. The average molecular weight is 268 g/mol. The van der Waals surface area contributed by atoms with Crippen LogP contribution in [-0.2, 0) is 9.53 Å². The van der Waals surface area contributed by atoms with Gasteiger partial charge in [0.25, 0.3) is 0 Å². The summed E-state index contributed by atoms with van der Waals surface area (Å²) in [6.07, 6.45) is 17.0. The molecule has 0 heterocycles. The smallest absolute Gasteiger partial charge is 0.306 e. The summed E-state index contributed by atoms with van der Waals surface area (Å²) in [6, 6.07) is 0. The third kappa shape index (κ3) is 15.2. The Morgan fingerprint density at radius 2 is 1.42 bits per heavy atom. The molecule has 112 valence electrons. The topological polar surface area (TPSA) is 26.3 Å². The Morgan fingerprint density at radius 1 is 0.842 bits per heavy atom. The van der Waals surface area contributed by atoms with Crippen LogP contribution in [0, 0.1) is 0 Å². The number of carbonyl (C=O) groups excluding carboxylic acids is 1. The molecule has 0 spiro atoms. The summed E-state index contributed by atoms with van der Waals surface area (Å²) >= 11 is 0. The van der Waals surface area contributed by atoms with Crippen molar-refractivity contribution in [3.05, 3.63) is 12.2 Å². The van der Waals surface area contributed by atoms with Crippen LogP contribution in [0.3, 0.4) is 0 Å². The number of unbranched alkanes of at least 4 members (excludes halogenated alkanes) is 8. The molecule has 0 amide bonds. The van der Waals surface area contributed by atoms with Crippen LogP contribution < -0.4 is 0 Å². The fraction of sp³-hybridized carbons (Fsp3) is 0.824. The quantitative estimate of drug-likeness (QED) is 0.253. The molecule has 0 aromatic heterocycles. The van der Waals surface area contributed by atoms with E-state index in [-0.39, 0.29) is 5.97 Å². The molecule has 0 aliphatic heterocycles. The van der Waals surface area contributed by atoms with E-state index in [0.29, 0.717) is 13.0 Å². The maximum absolute atomic E-state index is 11.4. The molecule has 0 aromatic carbocycles. The van der Waals surface area contributed by atoms with E-state index >= 15 is 0 Å². The maximum Gasteiger partial charge on any atom is 0.306 e. The Balaban J connectivity index is 3.16. The van der Waals surface area contributed by atoms with Gasteiger partial charge in [-0.05, 0) is 12.8 Å². The Kier molecular flexibility index (Phi) is 14.6. The van der Waals surface area contributed by atoms with Crippen molar-refractivity contribution in [3.63, 3.8) is 0 Å². The number of rotatable bonds is 13. The third-order valence-corrected chi connectivity index (χ3v) is 3.23. The fourth-order valence-electron chi connectivity index (χ4n) is 2.03. The summed E-state index contributed by atoms with van der Waals surface area (Å²) in [6.45, 7) is 4.75. The van der Waals surface area contributed by atoms with Crippen molar-refractivity contribution in [2.24, 2.45) is 0 Å². The molecule has 0 atom stereocenters. The summed E-state index contributed by atoms with van der Waals surface area (Å²) in [5.41, 5.74) is 0. The van der Waals surface area contributed by atoms with Gasteiger partial charge in [0.1, 0.15) is 6.61 Å². The molecule has 0 fully saturated rings. The van der Waals surface area contributed by atoms with Crippen molar-refractivity contribution in [2.45, 2.75) is 84.5 Å². The molecule has 0 saturated heterocycles. The van der Waals surface area contributed by atoms with Crippen molar-refractivity contribution in [1.82, 2.24) is 0 Å². The van der Waals surface area contributed by atoms with Crippen LogP contribution in [0.1, 0.15) is 84.5 Å². The second-order valence-corrected chi connectivity index (χ2v) is 5.14. The van der Waals surface area contributed by atoms with E-state index in [1.165, 1.54) is 44.9 Å².